The Bertz CT molecular complexity index is 1370. The van der Waals surface area contributed by atoms with Crippen LogP contribution in [0.1, 0.15) is 39.0 Å². The molecule has 1 aromatic carbocycles. The third kappa shape index (κ3) is 5.77. The van der Waals surface area contributed by atoms with Crippen molar-refractivity contribution >= 4 is 23.5 Å². The molecule has 11 nitrogen and oxygen atoms in total. The number of fused-ring (bicyclic) bond motifs is 1. The molecule has 0 bridgehead atoms. The molecule has 38 heavy (non-hydrogen) atoms. The van der Waals surface area contributed by atoms with Crippen LogP contribution in [0.4, 0.5) is 22.2 Å². The quantitative estimate of drug-likeness (QED) is 0.533. The van der Waals surface area contributed by atoms with Gasteiger partial charge in [0.25, 0.3) is 5.56 Å². The number of benzene rings is 1. The van der Waals surface area contributed by atoms with Crippen molar-refractivity contribution in [2.24, 2.45) is 0 Å². The lowest BCUT2D eigenvalue weighted by Gasteiger charge is -2.38. The van der Waals surface area contributed by atoms with Gasteiger partial charge < -0.3 is 24.6 Å². The van der Waals surface area contributed by atoms with Crippen LogP contribution in [0, 0.1) is 0 Å². The third-order valence-corrected chi connectivity index (χ3v) is 6.41. The van der Waals surface area contributed by atoms with Gasteiger partial charge in [-0.1, -0.05) is 0 Å². The average Bonchev–Trinajstić information content (AvgIpc) is 2.87. The summed E-state index contributed by atoms with van der Waals surface area (Å²) in [7, 11) is 0. The van der Waals surface area contributed by atoms with Crippen LogP contribution in [-0.4, -0.2) is 68.9 Å². The van der Waals surface area contributed by atoms with Gasteiger partial charge in [0.05, 0.1) is 31.5 Å². The lowest BCUT2D eigenvalue weighted by atomic mass is 10.0. The Balaban J connectivity index is 1.47. The number of anilines is 3. The van der Waals surface area contributed by atoms with E-state index in [4.69, 9.17) is 19.4 Å². The summed E-state index contributed by atoms with van der Waals surface area (Å²) < 4.78 is 11.3. The number of morpholine rings is 1. The molecule has 0 radical (unpaired) electrons. The lowest BCUT2D eigenvalue weighted by molar-refractivity contribution is 0.0220. The maximum Gasteiger partial charge on any atom is 0.410 e. The Hall–Kier alpha value is -3.99. The van der Waals surface area contributed by atoms with E-state index in [2.05, 4.69) is 27.1 Å². The van der Waals surface area contributed by atoms with E-state index in [0.717, 1.165) is 34.9 Å². The summed E-state index contributed by atoms with van der Waals surface area (Å²) in [5.74, 6) is 1.85. The van der Waals surface area contributed by atoms with Crippen LogP contribution in [-0.2, 0) is 22.4 Å². The van der Waals surface area contributed by atoms with Crippen molar-refractivity contribution in [3.8, 4) is 11.4 Å². The minimum absolute atomic E-state index is 0.173. The molecule has 1 atom stereocenters. The highest BCUT2D eigenvalue weighted by Crippen LogP contribution is 2.32. The molecule has 200 valence electrons. The molecule has 1 saturated heterocycles. The summed E-state index contributed by atoms with van der Waals surface area (Å²) in [6.45, 7) is 10.6. The van der Waals surface area contributed by atoms with E-state index in [0.29, 0.717) is 44.5 Å². The van der Waals surface area contributed by atoms with E-state index >= 15 is 0 Å². The second-order valence-electron chi connectivity index (χ2n) is 10.6. The molecular formula is C27H33N7O4. The summed E-state index contributed by atoms with van der Waals surface area (Å²) in [6, 6.07) is 9.15. The van der Waals surface area contributed by atoms with Gasteiger partial charge >= 0.3 is 6.09 Å². The Morgan fingerprint density at radius 2 is 1.95 bits per heavy atom. The molecule has 11 heteroatoms. The first-order valence-corrected chi connectivity index (χ1v) is 12.8. The Kier molecular flexibility index (Phi) is 7.02. The van der Waals surface area contributed by atoms with Gasteiger partial charge in [0, 0.05) is 42.2 Å². The van der Waals surface area contributed by atoms with E-state index in [9.17, 15) is 9.59 Å². The molecule has 1 unspecified atom stereocenters. The first-order chi connectivity index (χ1) is 18.2. The molecule has 0 aliphatic carbocycles. The monoisotopic (exact) mass is 519 g/mol. The van der Waals surface area contributed by atoms with Crippen LogP contribution >= 0.6 is 0 Å². The van der Waals surface area contributed by atoms with E-state index < -0.39 is 5.60 Å². The van der Waals surface area contributed by atoms with Crippen molar-refractivity contribution in [1.82, 2.24) is 24.8 Å². The molecule has 2 aliphatic rings. The first kappa shape index (κ1) is 25.7. The molecule has 1 fully saturated rings. The predicted molar refractivity (Wildman–Crippen MR) is 144 cm³/mol. The van der Waals surface area contributed by atoms with E-state index in [-0.39, 0.29) is 17.7 Å². The number of nitrogens with one attached hydrogen (secondary N) is 2. The van der Waals surface area contributed by atoms with Crippen molar-refractivity contribution in [2.75, 3.05) is 36.5 Å². The van der Waals surface area contributed by atoms with Crippen LogP contribution in [0.5, 0.6) is 0 Å². The molecule has 1 amide bonds. The normalized spacial score (nSPS) is 17.6. The van der Waals surface area contributed by atoms with Crippen molar-refractivity contribution in [3.63, 3.8) is 0 Å². The number of hydrogen-bond donors (Lipinski definition) is 2. The van der Waals surface area contributed by atoms with Crippen molar-refractivity contribution in [3.05, 3.63) is 58.1 Å². The van der Waals surface area contributed by atoms with Crippen molar-refractivity contribution in [2.45, 2.75) is 52.3 Å². The summed E-state index contributed by atoms with van der Waals surface area (Å²) in [5.41, 5.74) is 2.70. The van der Waals surface area contributed by atoms with Gasteiger partial charge in [-0.2, -0.15) is 0 Å². The number of aromatic amines is 1. The van der Waals surface area contributed by atoms with Gasteiger partial charge in [0.15, 0.2) is 5.82 Å². The van der Waals surface area contributed by atoms with Gasteiger partial charge in [0.2, 0.25) is 5.95 Å². The minimum Gasteiger partial charge on any atom is -0.444 e. The number of aromatic nitrogens is 4. The first-order valence-electron chi connectivity index (χ1n) is 12.8. The van der Waals surface area contributed by atoms with Gasteiger partial charge in [-0.15, -0.1) is 0 Å². The van der Waals surface area contributed by atoms with Crippen molar-refractivity contribution < 1.29 is 14.3 Å². The number of carbonyl (C=O) groups excluding carboxylic acids is 1. The molecule has 3 aromatic rings. The maximum absolute atomic E-state index is 12.8. The predicted octanol–water partition coefficient (Wildman–Crippen LogP) is 3.49. The topological polar surface area (TPSA) is 126 Å². The largest absolute Gasteiger partial charge is 0.444 e. The summed E-state index contributed by atoms with van der Waals surface area (Å²) >= 11 is 0. The molecule has 0 saturated carbocycles. The molecule has 0 spiro atoms. The molecule has 2 N–H and O–H groups in total. The highest BCUT2D eigenvalue weighted by molar-refractivity contribution is 5.70. The number of rotatable bonds is 4. The zero-order chi connectivity index (χ0) is 26.9. The van der Waals surface area contributed by atoms with E-state index in [1.54, 1.807) is 4.90 Å². The summed E-state index contributed by atoms with van der Waals surface area (Å²) in [6.07, 6.45) is 1.76. The zero-order valence-electron chi connectivity index (χ0n) is 22.2. The molecule has 4 heterocycles. The van der Waals surface area contributed by atoms with Crippen LogP contribution in [0.25, 0.3) is 11.4 Å². The fourth-order valence-corrected chi connectivity index (χ4v) is 4.57. The highest BCUT2D eigenvalue weighted by atomic mass is 16.6. The second kappa shape index (κ2) is 10.4. The van der Waals surface area contributed by atoms with Crippen LogP contribution in [0.15, 0.2) is 41.3 Å². The fourth-order valence-electron chi connectivity index (χ4n) is 4.57. The molecule has 2 aromatic heterocycles. The lowest BCUT2D eigenvalue weighted by Crippen LogP contribution is -2.46. The number of hydrogen-bond acceptors (Lipinski definition) is 9. The minimum atomic E-state index is -0.569. The Morgan fingerprint density at radius 1 is 1.16 bits per heavy atom. The number of H-pyrrole nitrogens is 1. The smallest absolute Gasteiger partial charge is 0.410 e. The summed E-state index contributed by atoms with van der Waals surface area (Å²) in [4.78, 5) is 45.1. The van der Waals surface area contributed by atoms with Crippen LogP contribution in [0.2, 0.25) is 0 Å². The SMILES string of the molecule is CC1COCCN1c1nc(-c2ccc(Nc3nccc(=O)[nH]3)cc2)nc2c1CCN(C(=O)OC(C)(C)C)C2. The summed E-state index contributed by atoms with van der Waals surface area (Å²) in [5, 5.41) is 3.09. The van der Waals surface area contributed by atoms with Crippen LogP contribution < -0.4 is 15.8 Å². The van der Waals surface area contributed by atoms with Gasteiger partial charge in [0.1, 0.15) is 11.4 Å². The second-order valence-corrected chi connectivity index (χ2v) is 10.6. The van der Waals surface area contributed by atoms with Crippen LogP contribution in [0.3, 0.4) is 0 Å². The molecule has 5 rings (SSSR count). The molecule has 2 aliphatic heterocycles. The molecular weight excluding hydrogens is 486 g/mol. The van der Waals surface area contributed by atoms with Crippen molar-refractivity contribution in [1.29, 1.82) is 0 Å². The van der Waals surface area contributed by atoms with E-state index in [1.165, 1.54) is 12.3 Å². The maximum atomic E-state index is 12.8. The van der Waals surface area contributed by atoms with E-state index in [1.807, 2.05) is 45.0 Å². The highest BCUT2D eigenvalue weighted by Gasteiger charge is 2.32. The zero-order valence-corrected chi connectivity index (χ0v) is 22.2. The number of ether oxygens (including phenoxy) is 2. The fraction of sp³-hybridized carbons (Fsp3) is 0.444. The Morgan fingerprint density at radius 3 is 2.66 bits per heavy atom. The average molecular weight is 520 g/mol. The third-order valence-electron chi connectivity index (χ3n) is 6.41. The van der Waals surface area contributed by atoms with Gasteiger partial charge in [-0.3, -0.25) is 9.78 Å². The standard InChI is InChI=1S/C27H33N7O4/c1-17-16-37-14-13-34(17)24-20-10-12-33(26(36)38-27(2,3)4)15-21(20)30-23(32-24)18-5-7-19(8-6-18)29-25-28-11-9-22(35)31-25/h5-9,11,17H,10,12-16H2,1-4H3,(H2,28,29,31,35). The number of amides is 1. The van der Waals surface area contributed by atoms with Gasteiger partial charge in [-0.05, 0) is 58.4 Å². The van der Waals surface area contributed by atoms with Gasteiger partial charge in [-0.25, -0.2) is 19.7 Å². The number of nitrogens with zero attached hydrogens (tertiary/aromatic N) is 5. The Labute approximate surface area is 221 Å². The number of carbonyl (C=O) groups is 1.